The number of fused-ring (bicyclic) bond motifs is 2. The number of nitrogens with zero attached hydrogens (tertiary/aromatic N) is 4. The van der Waals surface area contributed by atoms with E-state index >= 15 is 0 Å². The maximum absolute atomic E-state index is 12.5. The molecule has 3 heterocycles. The zero-order valence-electron chi connectivity index (χ0n) is 14.9. The summed E-state index contributed by atoms with van der Waals surface area (Å²) in [6, 6.07) is 9.15. The molecule has 4 aromatic rings. The van der Waals surface area contributed by atoms with Crippen molar-refractivity contribution < 1.29 is 9.21 Å². The molecule has 6 nitrogen and oxygen atoms in total. The first-order valence-corrected chi connectivity index (χ1v) is 9.09. The highest BCUT2D eigenvalue weighted by molar-refractivity contribution is 6.35. The van der Waals surface area contributed by atoms with Gasteiger partial charge in [-0.25, -0.2) is 9.97 Å². The molecule has 0 aliphatic carbocycles. The molecule has 1 aromatic carbocycles. The quantitative estimate of drug-likeness (QED) is 0.518. The van der Waals surface area contributed by atoms with E-state index in [0.29, 0.717) is 34.9 Å². The van der Waals surface area contributed by atoms with Gasteiger partial charge >= 0.3 is 5.91 Å². The summed E-state index contributed by atoms with van der Waals surface area (Å²) in [5.41, 5.74) is 3.48. The Labute approximate surface area is 160 Å². The van der Waals surface area contributed by atoms with Gasteiger partial charge < -0.3 is 9.32 Å². The van der Waals surface area contributed by atoms with Gasteiger partial charge in [-0.2, -0.15) is 0 Å². The number of hydrogen-bond acceptors (Lipinski definition) is 5. The van der Waals surface area contributed by atoms with Crippen molar-refractivity contribution in [1.82, 2.24) is 19.9 Å². The zero-order chi connectivity index (χ0) is 19.0. The fourth-order valence-electron chi connectivity index (χ4n) is 3.00. The van der Waals surface area contributed by atoms with E-state index in [0.717, 1.165) is 16.5 Å². The number of carbonyl (C=O) groups excluding carboxylic acids is 1. The average Bonchev–Trinajstić information content (AvgIpc) is 3.12. The molecular formula is C20H17ClN4O2. The van der Waals surface area contributed by atoms with Crippen molar-refractivity contribution >= 4 is 39.5 Å². The summed E-state index contributed by atoms with van der Waals surface area (Å²) in [5, 5.41) is 1.38. The Morgan fingerprint density at radius 2 is 1.93 bits per heavy atom. The third-order valence-electron chi connectivity index (χ3n) is 4.48. The maximum Gasteiger partial charge on any atom is 0.309 e. The lowest BCUT2D eigenvalue weighted by atomic mass is 10.1. The van der Waals surface area contributed by atoms with Crippen molar-refractivity contribution in [2.24, 2.45) is 0 Å². The van der Waals surface area contributed by atoms with Crippen molar-refractivity contribution in [3.8, 4) is 11.3 Å². The largest absolute Gasteiger partial charge is 0.432 e. The SMILES string of the molecule is CCN(CC)C(=O)c1nc2ccc(-c3cc(Cl)c4cnccc4n3)cc2o1. The first-order chi connectivity index (χ1) is 13.1. The van der Waals surface area contributed by atoms with Gasteiger partial charge in [0.2, 0.25) is 0 Å². The number of aromatic nitrogens is 3. The number of halogens is 1. The minimum atomic E-state index is -0.211. The van der Waals surface area contributed by atoms with E-state index in [9.17, 15) is 4.79 Å². The number of hydrogen-bond donors (Lipinski definition) is 0. The van der Waals surface area contributed by atoms with Gasteiger partial charge in [-0.3, -0.25) is 9.78 Å². The molecule has 0 atom stereocenters. The van der Waals surface area contributed by atoms with Crippen LogP contribution in [0, 0.1) is 0 Å². The Hall–Kier alpha value is -2.99. The molecular weight excluding hydrogens is 364 g/mol. The molecule has 0 spiro atoms. The fourth-order valence-corrected chi connectivity index (χ4v) is 3.25. The highest BCUT2D eigenvalue weighted by atomic mass is 35.5. The molecule has 3 aromatic heterocycles. The van der Waals surface area contributed by atoms with Crippen LogP contribution in [0.15, 0.2) is 47.1 Å². The van der Waals surface area contributed by atoms with E-state index < -0.39 is 0 Å². The number of oxazole rings is 1. The first-order valence-electron chi connectivity index (χ1n) is 8.71. The molecule has 0 N–H and O–H groups in total. The van der Waals surface area contributed by atoms with Crippen LogP contribution in [0.4, 0.5) is 0 Å². The van der Waals surface area contributed by atoms with E-state index in [-0.39, 0.29) is 11.8 Å². The lowest BCUT2D eigenvalue weighted by molar-refractivity contribution is 0.0735. The Bertz CT molecular complexity index is 1150. The van der Waals surface area contributed by atoms with Crippen LogP contribution < -0.4 is 0 Å². The normalized spacial score (nSPS) is 11.2. The van der Waals surface area contributed by atoms with Gasteiger partial charge in [-0.05, 0) is 38.1 Å². The van der Waals surface area contributed by atoms with Gasteiger partial charge in [0.05, 0.1) is 16.2 Å². The summed E-state index contributed by atoms with van der Waals surface area (Å²) < 4.78 is 5.72. The second-order valence-corrected chi connectivity index (χ2v) is 6.47. The number of rotatable bonds is 4. The Balaban J connectivity index is 1.77. The maximum atomic E-state index is 12.5. The minimum absolute atomic E-state index is 0.0985. The molecule has 0 saturated carbocycles. The van der Waals surface area contributed by atoms with Crippen LogP contribution in [0.25, 0.3) is 33.3 Å². The van der Waals surface area contributed by atoms with Crippen molar-refractivity contribution in [2.75, 3.05) is 13.1 Å². The van der Waals surface area contributed by atoms with Crippen LogP contribution in [0.2, 0.25) is 5.02 Å². The first kappa shape index (κ1) is 17.4. The Morgan fingerprint density at radius 1 is 1.11 bits per heavy atom. The fraction of sp³-hybridized carbons (Fsp3) is 0.200. The van der Waals surface area contributed by atoms with E-state index in [1.54, 1.807) is 23.4 Å². The van der Waals surface area contributed by atoms with E-state index in [1.807, 2.05) is 38.1 Å². The predicted molar refractivity (Wildman–Crippen MR) is 105 cm³/mol. The highest BCUT2D eigenvalue weighted by Gasteiger charge is 2.19. The van der Waals surface area contributed by atoms with Crippen LogP contribution in [-0.4, -0.2) is 38.8 Å². The average molecular weight is 381 g/mol. The van der Waals surface area contributed by atoms with E-state index in [4.69, 9.17) is 16.0 Å². The molecule has 0 radical (unpaired) electrons. The molecule has 7 heteroatoms. The molecule has 0 fully saturated rings. The van der Waals surface area contributed by atoms with Crippen LogP contribution in [0.3, 0.4) is 0 Å². The van der Waals surface area contributed by atoms with Gasteiger partial charge in [0, 0.05) is 36.4 Å². The number of pyridine rings is 2. The van der Waals surface area contributed by atoms with Gasteiger partial charge in [-0.1, -0.05) is 17.7 Å². The molecule has 27 heavy (non-hydrogen) atoms. The highest BCUT2D eigenvalue weighted by Crippen LogP contribution is 2.29. The summed E-state index contributed by atoms with van der Waals surface area (Å²) in [7, 11) is 0. The Morgan fingerprint density at radius 3 is 2.70 bits per heavy atom. The summed E-state index contributed by atoms with van der Waals surface area (Å²) in [6.45, 7) is 5.06. The van der Waals surface area contributed by atoms with Crippen molar-refractivity contribution in [3.05, 3.63) is 53.6 Å². The van der Waals surface area contributed by atoms with Crippen molar-refractivity contribution in [1.29, 1.82) is 0 Å². The molecule has 1 amide bonds. The van der Waals surface area contributed by atoms with Gasteiger partial charge in [0.15, 0.2) is 5.58 Å². The lowest BCUT2D eigenvalue weighted by Crippen LogP contribution is -2.30. The van der Waals surface area contributed by atoms with Crippen molar-refractivity contribution in [3.63, 3.8) is 0 Å². The second kappa shape index (κ2) is 6.96. The van der Waals surface area contributed by atoms with Gasteiger partial charge in [0.1, 0.15) is 5.52 Å². The van der Waals surface area contributed by atoms with E-state index in [2.05, 4.69) is 15.0 Å². The summed E-state index contributed by atoms with van der Waals surface area (Å²) in [4.78, 5) is 27.2. The molecule has 136 valence electrons. The molecule has 4 rings (SSSR count). The van der Waals surface area contributed by atoms with Crippen LogP contribution >= 0.6 is 11.6 Å². The van der Waals surface area contributed by atoms with Gasteiger partial charge in [0.25, 0.3) is 5.89 Å². The molecule has 0 aliphatic rings. The summed E-state index contributed by atoms with van der Waals surface area (Å²) >= 11 is 6.38. The third kappa shape index (κ3) is 3.13. The predicted octanol–water partition coefficient (Wildman–Crippen LogP) is 4.57. The number of carbonyl (C=O) groups is 1. The monoisotopic (exact) mass is 380 g/mol. The summed E-state index contributed by atoms with van der Waals surface area (Å²) in [6.07, 6.45) is 3.37. The molecule has 0 saturated heterocycles. The lowest BCUT2D eigenvalue weighted by Gasteiger charge is -2.15. The molecule has 0 aliphatic heterocycles. The van der Waals surface area contributed by atoms with Crippen LogP contribution in [0.5, 0.6) is 0 Å². The Kier molecular flexibility index (Phi) is 4.49. The minimum Gasteiger partial charge on any atom is -0.432 e. The standard InChI is InChI=1S/C20H17ClN4O2/c1-3-25(4-2)20(26)19-24-16-6-5-12(9-18(16)27-19)17-10-14(21)13-11-22-8-7-15(13)23-17/h5-11H,3-4H2,1-2H3. The number of amides is 1. The van der Waals surface area contributed by atoms with Crippen LogP contribution in [-0.2, 0) is 0 Å². The molecule has 0 bridgehead atoms. The topological polar surface area (TPSA) is 72.1 Å². The van der Waals surface area contributed by atoms with Gasteiger partial charge in [-0.15, -0.1) is 0 Å². The number of benzene rings is 1. The van der Waals surface area contributed by atoms with E-state index in [1.165, 1.54) is 0 Å². The molecule has 0 unspecified atom stereocenters. The third-order valence-corrected chi connectivity index (χ3v) is 4.79. The van der Waals surface area contributed by atoms with Crippen molar-refractivity contribution in [2.45, 2.75) is 13.8 Å². The zero-order valence-corrected chi connectivity index (χ0v) is 15.7. The second-order valence-electron chi connectivity index (χ2n) is 6.06. The summed E-state index contributed by atoms with van der Waals surface area (Å²) in [5.74, 6) is -0.112. The smallest absolute Gasteiger partial charge is 0.309 e. The van der Waals surface area contributed by atoms with Crippen LogP contribution in [0.1, 0.15) is 24.5 Å².